The highest BCUT2D eigenvalue weighted by atomic mass is 35.5. The molecule has 0 saturated carbocycles. The van der Waals surface area contributed by atoms with Gasteiger partial charge in [0, 0.05) is 28.0 Å². The average Bonchev–Trinajstić information content (AvgIpc) is 3.50. The second-order valence-electron chi connectivity index (χ2n) is 6.68. The normalized spacial score (nSPS) is 11.3. The number of hydrogen-bond acceptors (Lipinski definition) is 8. The standard InChI is InChI=1S/C20H15ClN6O2S/c1-10-9-29-19(23-10)13-5-11(8-28)4-12(6-13)18-25-20(30-27-18)24-16-3-2-15-14(17(16)21)7-22-26-15/h2-7,9,28H,8H2,1H3,(H,22,26)(H,24,25,27). The Kier molecular flexibility index (Phi) is 4.70. The fourth-order valence-electron chi connectivity index (χ4n) is 3.11. The minimum atomic E-state index is -0.115. The molecule has 0 spiro atoms. The van der Waals surface area contributed by atoms with Crippen molar-refractivity contribution in [2.24, 2.45) is 0 Å². The van der Waals surface area contributed by atoms with Crippen LogP contribution in [0.4, 0.5) is 10.8 Å². The Bertz CT molecular complexity index is 1360. The summed E-state index contributed by atoms with van der Waals surface area (Å²) in [5.41, 5.74) is 4.59. The van der Waals surface area contributed by atoms with Gasteiger partial charge < -0.3 is 14.8 Å². The summed E-state index contributed by atoms with van der Waals surface area (Å²) in [6.07, 6.45) is 3.27. The molecule has 0 aliphatic heterocycles. The summed E-state index contributed by atoms with van der Waals surface area (Å²) in [7, 11) is 0. The number of halogens is 1. The summed E-state index contributed by atoms with van der Waals surface area (Å²) >= 11 is 7.69. The second kappa shape index (κ2) is 7.52. The molecule has 0 bridgehead atoms. The van der Waals surface area contributed by atoms with E-state index in [1.807, 2.05) is 37.3 Å². The third-order valence-electron chi connectivity index (χ3n) is 4.53. The van der Waals surface area contributed by atoms with Crippen LogP contribution in [0.25, 0.3) is 33.7 Å². The molecule has 0 aliphatic rings. The first-order valence-electron chi connectivity index (χ1n) is 9.01. The third kappa shape index (κ3) is 3.43. The molecule has 2 aromatic carbocycles. The van der Waals surface area contributed by atoms with Crippen LogP contribution in [-0.2, 0) is 6.61 Å². The lowest BCUT2D eigenvalue weighted by atomic mass is 10.1. The van der Waals surface area contributed by atoms with Crippen LogP contribution >= 0.6 is 23.1 Å². The summed E-state index contributed by atoms with van der Waals surface area (Å²) < 4.78 is 9.95. The van der Waals surface area contributed by atoms with Crippen molar-refractivity contribution in [3.05, 3.63) is 59.1 Å². The van der Waals surface area contributed by atoms with Gasteiger partial charge in [-0.15, -0.1) is 0 Å². The number of nitrogens with one attached hydrogen (secondary N) is 2. The van der Waals surface area contributed by atoms with Crippen molar-refractivity contribution in [3.63, 3.8) is 0 Å². The van der Waals surface area contributed by atoms with Crippen LogP contribution in [0.1, 0.15) is 11.3 Å². The largest absolute Gasteiger partial charge is 0.444 e. The molecule has 3 N–H and O–H groups in total. The molecule has 5 rings (SSSR count). The van der Waals surface area contributed by atoms with Crippen molar-refractivity contribution in [2.75, 3.05) is 5.32 Å². The van der Waals surface area contributed by atoms with E-state index in [1.165, 1.54) is 11.5 Å². The number of rotatable bonds is 5. The fourth-order valence-corrected chi connectivity index (χ4v) is 3.97. The molecule has 5 aromatic rings. The van der Waals surface area contributed by atoms with Crippen LogP contribution < -0.4 is 5.32 Å². The van der Waals surface area contributed by atoms with Gasteiger partial charge in [0.15, 0.2) is 5.82 Å². The van der Waals surface area contributed by atoms with Gasteiger partial charge in [-0.3, -0.25) is 5.10 Å². The van der Waals surface area contributed by atoms with Gasteiger partial charge in [0.2, 0.25) is 11.0 Å². The van der Waals surface area contributed by atoms with E-state index >= 15 is 0 Å². The minimum Gasteiger partial charge on any atom is -0.444 e. The molecule has 8 nitrogen and oxygen atoms in total. The highest BCUT2D eigenvalue weighted by Gasteiger charge is 2.14. The smallest absolute Gasteiger partial charge is 0.226 e. The summed E-state index contributed by atoms with van der Waals surface area (Å²) in [6.45, 7) is 1.74. The number of aliphatic hydroxyl groups excluding tert-OH is 1. The first kappa shape index (κ1) is 18.7. The molecule has 3 heterocycles. The number of fused-ring (bicyclic) bond motifs is 1. The van der Waals surface area contributed by atoms with E-state index in [0.717, 1.165) is 33.3 Å². The molecule has 3 aromatic heterocycles. The Labute approximate surface area is 179 Å². The van der Waals surface area contributed by atoms with Crippen molar-refractivity contribution in [3.8, 4) is 22.8 Å². The molecule has 10 heteroatoms. The van der Waals surface area contributed by atoms with Crippen LogP contribution in [0.15, 0.2) is 47.2 Å². The van der Waals surface area contributed by atoms with Gasteiger partial charge in [0.1, 0.15) is 6.26 Å². The SMILES string of the molecule is Cc1coc(-c2cc(CO)cc(-c3nsc(Nc4ccc5[nH]ncc5c4Cl)n3)c2)n1. The fraction of sp³-hybridized carbons (Fsp3) is 0.100. The number of aliphatic hydroxyl groups is 1. The Balaban J connectivity index is 1.48. The van der Waals surface area contributed by atoms with Crippen LogP contribution in [0, 0.1) is 6.92 Å². The van der Waals surface area contributed by atoms with Gasteiger partial charge in [0.25, 0.3) is 0 Å². The van der Waals surface area contributed by atoms with Gasteiger partial charge in [-0.05, 0) is 42.8 Å². The number of aromatic nitrogens is 5. The third-order valence-corrected chi connectivity index (χ3v) is 5.56. The summed E-state index contributed by atoms with van der Waals surface area (Å²) in [5, 5.41) is 21.8. The van der Waals surface area contributed by atoms with E-state index < -0.39 is 0 Å². The molecule has 0 fully saturated rings. The second-order valence-corrected chi connectivity index (χ2v) is 7.81. The molecule has 150 valence electrons. The van der Waals surface area contributed by atoms with Gasteiger partial charge >= 0.3 is 0 Å². The first-order chi connectivity index (χ1) is 14.6. The van der Waals surface area contributed by atoms with Gasteiger partial charge in [-0.25, -0.2) is 4.98 Å². The monoisotopic (exact) mass is 438 g/mol. The lowest BCUT2D eigenvalue weighted by Gasteiger charge is -2.05. The lowest BCUT2D eigenvalue weighted by Crippen LogP contribution is -1.92. The number of H-pyrrole nitrogens is 1. The van der Waals surface area contributed by atoms with Crippen LogP contribution in [-0.4, -0.2) is 29.6 Å². The van der Waals surface area contributed by atoms with Crippen molar-refractivity contribution < 1.29 is 9.52 Å². The maximum absolute atomic E-state index is 9.66. The van der Waals surface area contributed by atoms with E-state index in [9.17, 15) is 5.11 Å². The Hall–Kier alpha value is -3.27. The highest BCUT2D eigenvalue weighted by molar-refractivity contribution is 7.10. The molecule has 0 radical (unpaired) electrons. The molecule has 0 saturated heterocycles. The summed E-state index contributed by atoms with van der Waals surface area (Å²) in [5.74, 6) is 1.01. The molecule has 0 aliphatic carbocycles. The van der Waals surface area contributed by atoms with Crippen LogP contribution in [0.2, 0.25) is 5.02 Å². The molecular weight excluding hydrogens is 424 g/mol. The minimum absolute atomic E-state index is 0.115. The number of aryl methyl sites for hydroxylation is 1. The quantitative estimate of drug-likeness (QED) is 0.356. The van der Waals surface area contributed by atoms with Crippen molar-refractivity contribution >= 4 is 44.9 Å². The Morgan fingerprint density at radius 3 is 2.87 bits per heavy atom. The highest BCUT2D eigenvalue weighted by Crippen LogP contribution is 2.34. The zero-order valence-electron chi connectivity index (χ0n) is 15.7. The van der Waals surface area contributed by atoms with Crippen LogP contribution in [0.5, 0.6) is 0 Å². The maximum atomic E-state index is 9.66. The number of oxazole rings is 1. The molecule has 0 atom stereocenters. The van der Waals surface area contributed by atoms with Gasteiger partial charge in [-0.2, -0.15) is 14.5 Å². The van der Waals surface area contributed by atoms with Crippen LogP contribution in [0.3, 0.4) is 0 Å². The molecule has 0 unspecified atom stereocenters. The summed E-state index contributed by atoms with van der Waals surface area (Å²) in [4.78, 5) is 8.94. The van der Waals surface area contributed by atoms with Gasteiger partial charge in [0.05, 0.1) is 34.7 Å². The number of benzene rings is 2. The topological polar surface area (TPSA) is 113 Å². The number of aromatic amines is 1. The maximum Gasteiger partial charge on any atom is 0.226 e. The van der Waals surface area contributed by atoms with Crippen molar-refractivity contribution in [1.82, 2.24) is 24.5 Å². The van der Waals surface area contributed by atoms with Crippen molar-refractivity contribution in [2.45, 2.75) is 13.5 Å². The van der Waals surface area contributed by atoms with E-state index in [0.29, 0.717) is 27.6 Å². The van der Waals surface area contributed by atoms with E-state index in [2.05, 4.69) is 29.9 Å². The number of hydrogen-bond donors (Lipinski definition) is 3. The van der Waals surface area contributed by atoms with E-state index in [4.69, 9.17) is 16.0 Å². The van der Waals surface area contributed by atoms with E-state index in [-0.39, 0.29) is 6.61 Å². The number of nitrogens with zero attached hydrogens (tertiary/aromatic N) is 4. The first-order valence-corrected chi connectivity index (χ1v) is 10.2. The van der Waals surface area contributed by atoms with E-state index in [1.54, 1.807) is 12.5 Å². The predicted octanol–water partition coefficient (Wildman–Crippen LogP) is 4.93. The van der Waals surface area contributed by atoms with Crippen molar-refractivity contribution in [1.29, 1.82) is 0 Å². The Morgan fingerprint density at radius 1 is 1.20 bits per heavy atom. The van der Waals surface area contributed by atoms with Gasteiger partial charge in [-0.1, -0.05) is 11.6 Å². The average molecular weight is 439 g/mol. The summed E-state index contributed by atoms with van der Waals surface area (Å²) in [6, 6.07) is 9.32. The molecular formula is C20H15ClN6O2S. The zero-order valence-corrected chi connectivity index (χ0v) is 17.3. The predicted molar refractivity (Wildman–Crippen MR) is 116 cm³/mol. The molecule has 30 heavy (non-hydrogen) atoms. The molecule has 0 amide bonds. The zero-order chi connectivity index (χ0) is 20.7. The number of anilines is 2. The Morgan fingerprint density at radius 2 is 2.07 bits per heavy atom. The lowest BCUT2D eigenvalue weighted by molar-refractivity contribution is 0.282.